The highest BCUT2D eigenvalue weighted by atomic mass is 32.2. The molecule has 27 heavy (non-hydrogen) atoms. The third-order valence-corrected chi connectivity index (χ3v) is 6.17. The Morgan fingerprint density at radius 3 is 2.41 bits per heavy atom. The number of benzene rings is 2. The molecule has 144 valence electrons. The normalized spacial score (nSPS) is 14.9. The summed E-state index contributed by atoms with van der Waals surface area (Å²) in [6.07, 6.45) is 4.40. The van der Waals surface area contributed by atoms with Crippen LogP contribution in [0, 0.1) is 0 Å². The number of methoxy groups -OCH3 is 1. The van der Waals surface area contributed by atoms with Gasteiger partial charge in [0.1, 0.15) is 10.6 Å². The van der Waals surface area contributed by atoms with Crippen molar-refractivity contribution in [1.29, 1.82) is 0 Å². The van der Waals surface area contributed by atoms with Crippen LogP contribution in [-0.4, -0.2) is 27.5 Å². The number of carbonyl (C=O) groups excluding carboxylic acids is 1. The highest BCUT2D eigenvalue weighted by Crippen LogP contribution is 2.23. The van der Waals surface area contributed by atoms with E-state index in [1.807, 2.05) is 0 Å². The average molecular weight is 388 g/mol. The Hall–Kier alpha value is -2.38. The lowest BCUT2D eigenvalue weighted by atomic mass is 10.1. The number of hydrogen-bond acceptors (Lipinski definition) is 4. The van der Waals surface area contributed by atoms with E-state index < -0.39 is 10.0 Å². The molecule has 0 aromatic heterocycles. The van der Waals surface area contributed by atoms with E-state index in [9.17, 15) is 13.2 Å². The smallest absolute Gasteiger partial charge is 0.251 e. The Balaban J connectivity index is 1.62. The molecule has 2 N–H and O–H groups in total. The predicted octanol–water partition coefficient (Wildman–Crippen LogP) is 2.85. The Kier molecular flexibility index (Phi) is 6.13. The molecule has 7 heteroatoms. The fourth-order valence-corrected chi connectivity index (χ4v) is 4.40. The summed E-state index contributed by atoms with van der Waals surface area (Å²) in [6, 6.07) is 13.7. The first kappa shape index (κ1) is 19.4. The van der Waals surface area contributed by atoms with Crippen LogP contribution in [-0.2, 0) is 16.6 Å². The summed E-state index contributed by atoms with van der Waals surface area (Å²) in [5.74, 6) is 0.215. The zero-order chi connectivity index (χ0) is 19.3. The highest BCUT2D eigenvalue weighted by molar-refractivity contribution is 7.89. The summed E-state index contributed by atoms with van der Waals surface area (Å²) in [7, 11) is -2.26. The molecule has 0 radical (unpaired) electrons. The van der Waals surface area contributed by atoms with Crippen LogP contribution >= 0.6 is 0 Å². The summed E-state index contributed by atoms with van der Waals surface area (Å²) >= 11 is 0. The van der Waals surface area contributed by atoms with Crippen LogP contribution < -0.4 is 14.8 Å². The topological polar surface area (TPSA) is 84.5 Å². The minimum absolute atomic E-state index is 0.0805. The number of amides is 1. The molecular formula is C20H24N2O4S. The second-order valence-electron chi connectivity index (χ2n) is 6.63. The van der Waals surface area contributed by atoms with Crippen molar-refractivity contribution in [3.8, 4) is 5.75 Å². The molecule has 1 aliphatic carbocycles. The molecule has 2 aromatic rings. The van der Waals surface area contributed by atoms with Crippen molar-refractivity contribution in [2.24, 2.45) is 0 Å². The molecule has 3 rings (SSSR count). The first-order valence-electron chi connectivity index (χ1n) is 9.02. The number of ether oxygens (including phenoxy) is 1. The summed E-state index contributed by atoms with van der Waals surface area (Å²) in [5.41, 5.74) is 1.35. The molecule has 1 amide bonds. The van der Waals surface area contributed by atoms with Gasteiger partial charge in [0, 0.05) is 18.2 Å². The second kappa shape index (κ2) is 8.54. The molecule has 1 saturated carbocycles. The molecule has 1 aliphatic rings. The van der Waals surface area contributed by atoms with Gasteiger partial charge >= 0.3 is 0 Å². The lowest BCUT2D eigenvalue weighted by molar-refractivity contribution is 0.0938. The quantitative estimate of drug-likeness (QED) is 0.764. The van der Waals surface area contributed by atoms with Crippen molar-refractivity contribution < 1.29 is 17.9 Å². The van der Waals surface area contributed by atoms with E-state index in [1.165, 1.54) is 13.2 Å². The van der Waals surface area contributed by atoms with Crippen molar-refractivity contribution in [1.82, 2.24) is 10.0 Å². The Labute approximate surface area is 160 Å². The standard InChI is InChI=1S/C20H24N2O4S/c1-26-18-8-4-5-9-19(18)27(24,25)21-14-15-10-12-16(13-11-15)20(23)22-17-6-2-3-7-17/h4-5,8-13,17,21H,2-3,6-7,14H2,1H3,(H,22,23). The van der Waals surface area contributed by atoms with Crippen LogP contribution in [0.4, 0.5) is 0 Å². The third-order valence-electron chi connectivity index (χ3n) is 4.73. The van der Waals surface area contributed by atoms with E-state index in [-0.39, 0.29) is 23.4 Å². The van der Waals surface area contributed by atoms with Gasteiger partial charge in [-0.3, -0.25) is 4.79 Å². The van der Waals surface area contributed by atoms with Gasteiger partial charge in [0.05, 0.1) is 7.11 Å². The fourth-order valence-electron chi connectivity index (χ4n) is 3.21. The maximum atomic E-state index is 12.5. The minimum atomic E-state index is -3.70. The number of rotatable bonds is 7. The van der Waals surface area contributed by atoms with Crippen molar-refractivity contribution in [3.63, 3.8) is 0 Å². The van der Waals surface area contributed by atoms with E-state index in [0.29, 0.717) is 11.3 Å². The number of carbonyl (C=O) groups is 1. The van der Waals surface area contributed by atoms with Crippen molar-refractivity contribution in [2.75, 3.05) is 7.11 Å². The Morgan fingerprint density at radius 1 is 1.07 bits per heavy atom. The first-order valence-corrected chi connectivity index (χ1v) is 10.5. The summed E-state index contributed by atoms with van der Waals surface area (Å²) in [4.78, 5) is 12.3. The molecule has 0 unspecified atom stereocenters. The van der Waals surface area contributed by atoms with Crippen molar-refractivity contribution >= 4 is 15.9 Å². The monoisotopic (exact) mass is 388 g/mol. The number of hydrogen-bond donors (Lipinski definition) is 2. The first-order chi connectivity index (χ1) is 13.0. The van der Waals surface area contributed by atoms with Gasteiger partial charge in [0.15, 0.2) is 0 Å². The van der Waals surface area contributed by atoms with Crippen molar-refractivity contribution in [3.05, 3.63) is 59.7 Å². The predicted molar refractivity (Wildman–Crippen MR) is 103 cm³/mol. The molecule has 2 aromatic carbocycles. The maximum Gasteiger partial charge on any atom is 0.251 e. The lowest BCUT2D eigenvalue weighted by Crippen LogP contribution is -2.32. The molecule has 0 aliphatic heterocycles. The molecule has 1 fully saturated rings. The van der Waals surface area contributed by atoms with Crippen LogP contribution in [0.1, 0.15) is 41.6 Å². The van der Waals surface area contributed by atoms with Crippen LogP contribution in [0.15, 0.2) is 53.4 Å². The van der Waals surface area contributed by atoms with Crippen LogP contribution in [0.3, 0.4) is 0 Å². The average Bonchev–Trinajstić information content (AvgIpc) is 3.20. The zero-order valence-corrected chi connectivity index (χ0v) is 16.1. The van der Waals surface area contributed by atoms with E-state index in [0.717, 1.165) is 31.2 Å². The van der Waals surface area contributed by atoms with Gasteiger partial charge in [0.2, 0.25) is 10.0 Å². The summed E-state index contributed by atoms with van der Waals surface area (Å²) in [5, 5.41) is 3.04. The van der Waals surface area contributed by atoms with Gasteiger partial charge in [-0.25, -0.2) is 13.1 Å². The summed E-state index contributed by atoms with van der Waals surface area (Å²) in [6.45, 7) is 0.130. The van der Waals surface area contributed by atoms with Gasteiger partial charge in [-0.1, -0.05) is 37.1 Å². The van der Waals surface area contributed by atoms with E-state index in [2.05, 4.69) is 10.0 Å². The van der Waals surface area contributed by atoms with E-state index in [4.69, 9.17) is 4.74 Å². The molecule has 0 atom stereocenters. The zero-order valence-electron chi connectivity index (χ0n) is 15.3. The van der Waals surface area contributed by atoms with Crippen molar-refractivity contribution in [2.45, 2.75) is 43.2 Å². The fraction of sp³-hybridized carbons (Fsp3) is 0.350. The van der Waals surface area contributed by atoms with E-state index in [1.54, 1.807) is 42.5 Å². The number of nitrogens with one attached hydrogen (secondary N) is 2. The van der Waals surface area contributed by atoms with Gasteiger partial charge in [-0.05, 0) is 42.7 Å². The lowest BCUT2D eigenvalue weighted by Gasteiger charge is -2.12. The molecule has 0 heterocycles. The highest BCUT2D eigenvalue weighted by Gasteiger charge is 2.19. The van der Waals surface area contributed by atoms with Gasteiger partial charge < -0.3 is 10.1 Å². The van der Waals surface area contributed by atoms with Gasteiger partial charge in [-0.2, -0.15) is 0 Å². The largest absolute Gasteiger partial charge is 0.495 e. The minimum Gasteiger partial charge on any atom is -0.495 e. The third kappa shape index (κ3) is 4.87. The van der Waals surface area contributed by atoms with E-state index >= 15 is 0 Å². The number of sulfonamides is 1. The molecular weight excluding hydrogens is 364 g/mol. The van der Waals surface area contributed by atoms with Crippen LogP contribution in [0.5, 0.6) is 5.75 Å². The van der Waals surface area contributed by atoms with Gasteiger partial charge in [0.25, 0.3) is 5.91 Å². The van der Waals surface area contributed by atoms with Gasteiger partial charge in [-0.15, -0.1) is 0 Å². The molecule has 0 bridgehead atoms. The SMILES string of the molecule is COc1ccccc1S(=O)(=O)NCc1ccc(C(=O)NC2CCCC2)cc1. The Bertz CT molecular complexity index is 888. The molecule has 0 spiro atoms. The maximum absolute atomic E-state index is 12.5. The van der Waals surface area contributed by atoms with Crippen LogP contribution in [0.2, 0.25) is 0 Å². The Morgan fingerprint density at radius 2 is 1.74 bits per heavy atom. The summed E-state index contributed by atoms with van der Waals surface area (Å²) < 4.78 is 32.7. The van der Waals surface area contributed by atoms with Crippen LogP contribution in [0.25, 0.3) is 0 Å². The molecule has 0 saturated heterocycles. The second-order valence-corrected chi connectivity index (χ2v) is 8.36. The molecule has 6 nitrogen and oxygen atoms in total. The number of para-hydroxylation sites is 1.